The lowest BCUT2D eigenvalue weighted by molar-refractivity contribution is 0.365. The lowest BCUT2D eigenvalue weighted by atomic mass is 10.0. The molecule has 0 aliphatic carbocycles. The van der Waals surface area contributed by atoms with Crippen molar-refractivity contribution in [1.82, 2.24) is 19.7 Å². The van der Waals surface area contributed by atoms with E-state index in [1.54, 1.807) is 0 Å². The molecule has 2 aromatic heterocycles. The average molecular weight is 352 g/mol. The van der Waals surface area contributed by atoms with Crippen molar-refractivity contribution in [3.05, 3.63) is 46.5 Å². The first kappa shape index (κ1) is 16.1. The molecule has 0 saturated heterocycles. The summed E-state index contributed by atoms with van der Waals surface area (Å²) in [6, 6.07) is 4.04. The van der Waals surface area contributed by atoms with Gasteiger partial charge >= 0.3 is 0 Å². The van der Waals surface area contributed by atoms with Crippen molar-refractivity contribution < 1.29 is 0 Å². The number of hydrogen-bond acceptors (Lipinski definition) is 4. The first-order valence-corrected chi connectivity index (χ1v) is 7.87. The average Bonchev–Trinajstić information content (AvgIpc) is 2.85. The summed E-state index contributed by atoms with van der Waals surface area (Å²) in [5, 5.41) is 4.42. The van der Waals surface area contributed by atoms with Crippen LogP contribution in [0.3, 0.4) is 0 Å². The van der Waals surface area contributed by atoms with Gasteiger partial charge in [0.05, 0.1) is 22.9 Å². The molecule has 6 heteroatoms. The van der Waals surface area contributed by atoms with E-state index in [9.17, 15) is 0 Å². The van der Waals surface area contributed by atoms with Crippen molar-refractivity contribution in [2.45, 2.75) is 25.4 Å². The van der Waals surface area contributed by atoms with Crippen molar-refractivity contribution in [3.8, 4) is 0 Å². The number of hydrogen-bond donors (Lipinski definition) is 1. The summed E-state index contributed by atoms with van der Waals surface area (Å²) in [5.41, 5.74) is 8.71. The summed E-state index contributed by atoms with van der Waals surface area (Å²) in [6.07, 6.45) is 7.29. The molecule has 0 aromatic carbocycles. The van der Waals surface area contributed by atoms with Crippen LogP contribution in [0.1, 0.15) is 23.7 Å². The normalized spacial score (nSPS) is 12.8. The minimum atomic E-state index is -0.0304. The Balaban J connectivity index is 2.01. The van der Waals surface area contributed by atoms with Crippen LogP contribution in [0, 0.1) is 0 Å². The van der Waals surface area contributed by atoms with Gasteiger partial charge in [-0.2, -0.15) is 5.10 Å². The number of nitrogens with two attached hydrogens (primary N) is 1. The van der Waals surface area contributed by atoms with E-state index in [4.69, 9.17) is 5.73 Å². The highest BCUT2D eigenvalue weighted by Gasteiger charge is 2.16. The Morgan fingerprint density at radius 1 is 1.33 bits per heavy atom. The zero-order valence-corrected chi connectivity index (χ0v) is 14.1. The smallest absolute Gasteiger partial charge is 0.0694 e. The van der Waals surface area contributed by atoms with Crippen LogP contribution in [-0.4, -0.2) is 40.3 Å². The summed E-state index contributed by atoms with van der Waals surface area (Å²) in [6.45, 7) is 1.79. The van der Waals surface area contributed by atoms with Crippen LogP contribution in [0.2, 0.25) is 0 Å². The van der Waals surface area contributed by atoms with E-state index < -0.39 is 0 Å². The second-order valence-corrected chi connectivity index (χ2v) is 6.26. The molecule has 0 aliphatic heterocycles. The van der Waals surface area contributed by atoms with E-state index in [-0.39, 0.29) is 6.04 Å². The van der Waals surface area contributed by atoms with Gasteiger partial charge in [-0.1, -0.05) is 0 Å². The van der Waals surface area contributed by atoms with Crippen LogP contribution in [0.5, 0.6) is 0 Å². The zero-order chi connectivity index (χ0) is 15.2. The molecule has 21 heavy (non-hydrogen) atoms. The maximum atomic E-state index is 6.38. The standard InChI is InChI=1S/C15H22BrN5/c1-20(2)9-10-21-15(13(16)11-19-21)14(17)4-3-12-5-7-18-8-6-12/h5-8,11,14H,3-4,9-10,17H2,1-2H3. The molecular weight excluding hydrogens is 330 g/mol. The fourth-order valence-corrected chi connectivity index (χ4v) is 2.81. The Morgan fingerprint density at radius 3 is 2.71 bits per heavy atom. The molecule has 1 atom stereocenters. The molecule has 1 unspecified atom stereocenters. The van der Waals surface area contributed by atoms with E-state index in [0.29, 0.717) is 0 Å². The second kappa shape index (κ2) is 7.68. The first-order chi connectivity index (χ1) is 10.1. The van der Waals surface area contributed by atoms with E-state index in [0.717, 1.165) is 36.1 Å². The topological polar surface area (TPSA) is 60.0 Å². The quantitative estimate of drug-likeness (QED) is 0.830. The zero-order valence-electron chi connectivity index (χ0n) is 12.5. The van der Waals surface area contributed by atoms with E-state index >= 15 is 0 Å². The summed E-state index contributed by atoms with van der Waals surface area (Å²) < 4.78 is 2.99. The molecule has 0 fully saturated rings. The Labute approximate surface area is 134 Å². The number of pyridine rings is 1. The van der Waals surface area contributed by atoms with E-state index in [2.05, 4.69) is 45.0 Å². The molecular formula is C15H22BrN5. The number of halogens is 1. The third-order valence-corrected chi connectivity index (χ3v) is 4.05. The molecule has 2 N–H and O–H groups in total. The van der Waals surface area contributed by atoms with Gasteiger partial charge in [0.15, 0.2) is 0 Å². The van der Waals surface area contributed by atoms with Gasteiger partial charge in [-0.3, -0.25) is 9.67 Å². The summed E-state index contributed by atoms with van der Waals surface area (Å²) in [4.78, 5) is 6.17. The van der Waals surface area contributed by atoms with Crippen LogP contribution >= 0.6 is 15.9 Å². The monoisotopic (exact) mass is 351 g/mol. The SMILES string of the molecule is CN(C)CCn1ncc(Br)c1C(N)CCc1ccncc1. The third kappa shape index (κ3) is 4.62. The summed E-state index contributed by atoms with van der Waals surface area (Å²) in [7, 11) is 4.11. The van der Waals surface area contributed by atoms with E-state index in [1.165, 1.54) is 5.56 Å². The van der Waals surface area contributed by atoms with Crippen molar-refractivity contribution in [2.75, 3.05) is 20.6 Å². The molecule has 5 nitrogen and oxygen atoms in total. The predicted molar refractivity (Wildman–Crippen MR) is 88.0 cm³/mol. The van der Waals surface area contributed by atoms with Crippen LogP contribution in [-0.2, 0) is 13.0 Å². The fraction of sp³-hybridized carbons (Fsp3) is 0.467. The third-order valence-electron chi connectivity index (χ3n) is 3.44. The van der Waals surface area contributed by atoms with Crippen LogP contribution in [0.4, 0.5) is 0 Å². The number of rotatable bonds is 7. The minimum absolute atomic E-state index is 0.0304. The minimum Gasteiger partial charge on any atom is -0.323 e. The van der Waals surface area contributed by atoms with Gasteiger partial charge in [-0.05, 0) is 60.6 Å². The molecule has 0 spiro atoms. The van der Waals surface area contributed by atoms with Crippen LogP contribution < -0.4 is 5.73 Å². The Kier molecular flexibility index (Phi) is 5.90. The lowest BCUT2D eigenvalue weighted by Gasteiger charge is -2.17. The van der Waals surface area contributed by atoms with Gasteiger partial charge in [0.25, 0.3) is 0 Å². The number of aromatic nitrogens is 3. The summed E-state index contributed by atoms with van der Waals surface area (Å²) >= 11 is 3.56. The molecule has 2 rings (SSSR count). The fourth-order valence-electron chi connectivity index (χ4n) is 2.22. The first-order valence-electron chi connectivity index (χ1n) is 7.08. The predicted octanol–water partition coefficient (Wildman–Crippen LogP) is 2.23. The van der Waals surface area contributed by atoms with Gasteiger partial charge in [0.2, 0.25) is 0 Å². The van der Waals surface area contributed by atoms with Gasteiger partial charge in [-0.15, -0.1) is 0 Å². The Bertz CT molecular complexity index is 552. The van der Waals surface area contributed by atoms with Gasteiger partial charge < -0.3 is 10.6 Å². The number of aryl methyl sites for hydroxylation is 1. The van der Waals surface area contributed by atoms with Gasteiger partial charge in [0, 0.05) is 25.0 Å². The molecule has 114 valence electrons. The largest absolute Gasteiger partial charge is 0.323 e. The van der Waals surface area contributed by atoms with Crippen molar-refractivity contribution in [2.24, 2.45) is 5.73 Å². The van der Waals surface area contributed by atoms with Crippen molar-refractivity contribution >= 4 is 15.9 Å². The molecule has 0 amide bonds. The van der Waals surface area contributed by atoms with Crippen molar-refractivity contribution in [1.29, 1.82) is 0 Å². The Hall–Kier alpha value is -1.24. The maximum absolute atomic E-state index is 6.38. The highest BCUT2D eigenvalue weighted by Crippen LogP contribution is 2.25. The lowest BCUT2D eigenvalue weighted by Crippen LogP contribution is -2.23. The van der Waals surface area contributed by atoms with Gasteiger partial charge in [-0.25, -0.2) is 0 Å². The molecule has 0 radical (unpaired) electrons. The molecule has 0 saturated carbocycles. The molecule has 0 bridgehead atoms. The molecule has 2 aromatic rings. The van der Waals surface area contributed by atoms with Crippen LogP contribution in [0.15, 0.2) is 35.2 Å². The highest BCUT2D eigenvalue weighted by molar-refractivity contribution is 9.10. The number of likely N-dealkylation sites (N-methyl/N-ethyl adjacent to an activating group) is 1. The van der Waals surface area contributed by atoms with Gasteiger partial charge in [0.1, 0.15) is 0 Å². The molecule has 0 aliphatic rings. The summed E-state index contributed by atoms with van der Waals surface area (Å²) in [5.74, 6) is 0. The Morgan fingerprint density at radius 2 is 2.05 bits per heavy atom. The van der Waals surface area contributed by atoms with Crippen molar-refractivity contribution in [3.63, 3.8) is 0 Å². The maximum Gasteiger partial charge on any atom is 0.0694 e. The molecule has 2 heterocycles. The van der Waals surface area contributed by atoms with Crippen LogP contribution in [0.25, 0.3) is 0 Å². The van der Waals surface area contributed by atoms with E-state index in [1.807, 2.05) is 35.4 Å². The number of nitrogens with zero attached hydrogens (tertiary/aromatic N) is 4. The highest BCUT2D eigenvalue weighted by atomic mass is 79.9. The second-order valence-electron chi connectivity index (χ2n) is 5.40.